The third kappa shape index (κ3) is 64.1. The Balaban J connectivity index is 4.24. The van der Waals surface area contributed by atoms with Gasteiger partial charge in [-0.15, -0.1) is 0 Å². The van der Waals surface area contributed by atoms with Crippen LogP contribution in [0, 0.1) is 0 Å². The number of esters is 3. The predicted molar refractivity (Wildman–Crippen MR) is 348 cm³/mol. The van der Waals surface area contributed by atoms with E-state index in [0.29, 0.717) is 19.3 Å². The molecule has 6 heteroatoms. The monoisotopic (exact) mass is 1100 g/mol. The minimum Gasteiger partial charge on any atom is -0.462 e. The van der Waals surface area contributed by atoms with Gasteiger partial charge in [0, 0.05) is 19.3 Å². The van der Waals surface area contributed by atoms with Crippen LogP contribution in [-0.4, -0.2) is 37.2 Å². The Labute approximate surface area is 493 Å². The van der Waals surface area contributed by atoms with E-state index in [1.54, 1.807) is 0 Å². The van der Waals surface area contributed by atoms with Crippen molar-refractivity contribution in [1.29, 1.82) is 0 Å². The molecule has 0 amide bonds. The summed E-state index contributed by atoms with van der Waals surface area (Å²) in [7, 11) is 0. The molecule has 0 bridgehead atoms. The minimum atomic E-state index is -0.790. The van der Waals surface area contributed by atoms with Crippen LogP contribution in [0.15, 0.2) is 146 Å². The van der Waals surface area contributed by atoms with Crippen molar-refractivity contribution in [1.82, 2.24) is 0 Å². The molecule has 80 heavy (non-hydrogen) atoms. The number of hydrogen-bond acceptors (Lipinski definition) is 6. The lowest BCUT2D eigenvalue weighted by atomic mass is 10.1. The van der Waals surface area contributed by atoms with E-state index in [9.17, 15) is 14.4 Å². The first-order valence-corrected chi connectivity index (χ1v) is 32.8. The molecule has 0 aromatic carbocycles. The third-order valence-corrected chi connectivity index (χ3v) is 13.6. The fraction of sp³-hybridized carbons (Fsp3) is 0.635. The van der Waals surface area contributed by atoms with Gasteiger partial charge in [0.15, 0.2) is 6.10 Å². The van der Waals surface area contributed by atoms with Gasteiger partial charge >= 0.3 is 17.9 Å². The second kappa shape index (κ2) is 66.8. The zero-order valence-electron chi connectivity index (χ0n) is 51.8. The summed E-state index contributed by atoms with van der Waals surface area (Å²) in [5.74, 6) is -0.908. The SMILES string of the molecule is CC/C=C\C/C=C\C/C=C\C/C=C\C/C=C\C/C=C\C/C=C\CCCCCCCCCC(=O)OCC(COC(=O)CCCCCCCCCC)OC(=O)CCCCCCCCCCC/C=C\C/C=C\C/C=C\C/C=C\C/C=C\CC. The van der Waals surface area contributed by atoms with E-state index < -0.39 is 6.10 Å². The molecule has 0 heterocycles. The van der Waals surface area contributed by atoms with Crippen LogP contribution in [0.25, 0.3) is 0 Å². The van der Waals surface area contributed by atoms with Gasteiger partial charge in [0.2, 0.25) is 0 Å². The molecule has 0 spiro atoms. The number of carbonyl (C=O) groups excluding carboxylic acids is 3. The van der Waals surface area contributed by atoms with Gasteiger partial charge in [-0.05, 0) is 122 Å². The van der Waals surface area contributed by atoms with Gasteiger partial charge < -0.3 is 14.2 Å². The molecule has 0 aliphatic carbocycles. The highest BCUT2D eigenvalue weighted by atomic mass is 16.6. The molecule has 1 atom stereocenters. The summed E-state index contributed by atoms with van der Waals surface area (Å²) < 4.78 is 16.9. The van der Waals surface area contributed by atoms with E-state index in [0.717, 1.165) is 148 Å². The first kappa shape index (κ1) is 75.3. The zero-order chi connectivity index (χ0) is 57.8. The van der Waals surface area contributed by atoms with Gasteiger partial charge in [-0.3, -0.25) is 14.4 Å². The summed E-state index contributed by atoms with van der Waals surface area (Å²) in [5.41, 5.74) is 0. The molecule has 0 aliphatic rings. The Bertz CT molecular complexity index is 1750. The molecule has 0 radical (unpaired) electrons. The van der Waals surface area contributed by atoms with E-state index in [4.69, 9.17) is 14.2 Å². The standard InChI is InChI=1S/C74H120O6/c1-4-7-10-13-16-19-21-23-25-27-29-31-33-35-36-37-38-40-41-43-45-47-49-51-53-55-58-61-64-67-73(76)79-70-71(69-78-72(75)66-63-60-57-18-15-12-9-6-3)80-74(77)68-65-62-59-56-54-52-50-48-46-44-42-39-34-32-30-28-26-24-22-20-17-14-11-8-5-2/h7-8,10-11,16-17,19-20,23-26,29-32,35-36,38-40,42-43,45,71H,4-6,9,12-15,18,21-22,27-28,33-34,37,41,44,46-70H2,1-3H3/b10-7-,11-8-,19-16-,20-17-,25-23-,26-24-,31-29-,32-30-,36-35-,40-38-,42-39-,45-43-. The Morgan fingerprint density at radius 1 is 0.263 bits per heavy atom. The van der Waals surface area contributed by atoms with Crippen LogP contribution in [0.2, 0.25) is 0 Å². The highest BCUT2D eigenvalue weighted by molar-refractivity contribution is 5.71. The second-order valence-corrected chi connectivity index (χ2v) is 21.3. The Kier molecular flexibility index (Phi) is 62.9. The third-order valence-electron chi connectivity index (χ3n) is 13.6. The number of rotatable bonds is 58. The summed E-state index contributed by atoms with van der Waals surface area (Å²) in [4.78, 5) is 38.2. The number of hydrogen-bond donors (Lipinski definition) is 0. The molecule has 452 valence electrons. The van der Waals surface area contributed by atoms with Gasteiger partial charge in [0.05, 0.1) is 0 Å². The van der Waals surface area contributed by atoms with E-state index in [-0.39, 0.29) is 31.1 Å². The molecule has 0 N–H and O–H groups in total. The molecule has 0 aliphatic heterocycles. The molecule has 0 rings (SSSR count). The van der Waals surface area contributed by atoms with E-state index in [2.05, 4.69) is 167 Å². The number of allylic oxidation sites excluding steroid dienone is 24. The molecular formula is C74H120O6. The Hall–Kier alpha value is -4.71. The molecule has 0 saturated carbocycles. The topological polar surface area (TPSA) is 78.9 Å². The van der Waals surface area contributed by atoms with Crippen molar-refractivity contribution in [3.63, 3.8) is 0 Å². The van der Waals surface area contributed by atoms with E-state index in [1.807, 2.05) is 0 Å². The average Bonchev–Trinajstić information content (AvgIpc) is 3.46. The van der Waals surface area contributed by atoms with Gasteiger partial charge in [0.25, 0.3) is 0 Å². The van der Waals surface area contributed by atoms with Gasteiger partial charge in [-0.25, -0.2) is 0 Å². The molecule has 1 unspecified atom stereocenters. The summed E-state index contributed by atoms with van der Waals surface area (Å²) in [6.45, 7) is 6.37. The molecule has 6 nitrogen and oxygen atoms in total. The molecule has 0 aromatic heterocycles. The highest BCUT2D eigenvalue weighted by Gasteiger charge is 2.19. The average molecular weight is 1110 g/mol. The summed E-state index contributed by atoms with van der Waals surface area (Å²) in [5, 5.41) is 0. The lowest BCUT2D eigenvalue weighted by Gasteiger charge is -2.18. The summed E-state index contributed by atoms with van der Waals surface area (Å²) >= 11 is 0. The molecule has 0 saturated heterocycles. The smallest absolute Gasteiger partial charge is 0.306 e. The quantitative estimate of drug-likeness (QED) is 0.0261. The summed E-state index contributed by atoms with van der Waals surface area (Å²) in [6.07, 6.45) is 95.8. The number of unbranched alkanes of at least 4 members (excludes halogenated alkanes) is 23. The molecular weight excluding hydrogens is 985 g/mol. The number of carbonyl (C=O) groups is 3. The lowest BCUT2D eigenvalue weighted by Crippen LogP contribution is -2.30. The normalized spacial score (nSPS) is 13.1. The van der Waals surface area contributed by atoms with Gasteiger partial charge in [-0.1, -0.05) is 289 Å². The highest BCUT2D eigenvalue weighted by Crippen LogP contribution is 2.15. The minimum absolute atomic E-state index is 0.0868. The van der Waals surface area contributed by atoms with Crippen LogP contribution in [-0.2, 0) is 28.6 Å². The number of ether oxygens (including phenoxy) is 3. The van der Waals surface area contributed by atoms with Crippen LogP contribution in [0.3, 0.4) is 0 Å². The van der Waals surface area contributed by atoms with Crippen LogP contribution < -0.4 is 0 Å². The van der Waals surface area contributed by atoms with Gasteiger partial charge in [-0.2, -0.15) is 0 Å². The summed E-state index contributed by atoms with van der Waals surface area (Å²) in [6, 6.07) is 0. The van der Waals surface area contributed by atoms with Crippen molar-refractivity contribution in [2.75, 3.05) is 13.2 Å². The largest absolute Gasteiger partial charge is 0.462 e. The molecule has 0 aromatic rings. The van der Waals surface area contributed by atoms with Crippen LogP contribution in [0.4, 0.5) is 0 Å². The Morgan fingerprint density at radius 2 is 0.487 bits per heavy atom. The first-order valence-electron chi connectivity index (χ1n) is 32.8. The Morgan fingerprint density at radius 3 is 0.762 bits per heavy atom. The maximum Gasteiger partial charge on any atom is 0.306 e. The zero-order valence-corrected chi connectivity index (χ0v) is 51.8. The van der Waals surface area contributed by atoms with Crippen LogP contribution in [0.5, 0.6) is 0 Å². The van der Waals surface area contributed by atoms with Gasteiger partial charge in [0.1, 0.15) is 13.2 Å². The van der Waals surface area contributed by atoms with Crippen molar-refractivity contribution in [3.05, 3.63) is 146 Å². The van der Waals surface area contributed by atoms with Crippen LogP contribution in [0.1, 0.15) is 284 Å². The van der Waals surface area contributed by atoms with Crippen molar-refractivity contribution < 1.29 is 28.6 Å². The first-order chi connectivity index (χ1) is 39.5. The van der Waals surface area contributed by atoms with Crippen molar-refractivity contribution >= 4 is 17.9 Å². The second-order valence-electron chi connectivity index (χ2n) is 21.3. The maximum atomic E-state index is 12.9. The predicted octanol–water partition coefficient (Wildman–Crippen LogP) is 22.7. The van der Waals surface area contributed by atoms with Crippen molar-refractivity contribution in [2.24, 2.45) is 0 Å². The molecule has 0 fully saturated rings. The van der Waals surface area contributed by atoms with Crippen LogP contribution >= 0.6 is 0 Å². The maximum absolute atomic E-state index is 12.9. The van der Waals surface area contributed by atoms with Crippen molar-refractivity contribution in [2.45, 2.75) is 290 Å². The fourth-order valence-corrected chi connectivity index (χ4v) is 8.74. The lowest BCUT2D eigenvalue weighted by molar-refractivity contribution is -0.167. The van der Waals surface area contributed by atoms with E-state index in [1.165, 1.54) is 96.3 Å². The van der Waals surface area contributed by atoms with E-state index >= 15 is 0 Å². The van der Waals surface area contributed by atoms with Crippen molar-refractivity contribution in [3.8, 4) is 0 Å². The fourth-order valence-electron chi connectivity index (χ4n) is 8.74.